The number of nitrogens with zero attached hydrogens (tertiary/aromatic N) is 2. The largest absolute Gasteiger partial charge is 0.318 e. The molecule has 13 heavy (non-hydrogen) atoms. The Morgan fingerprint density at radius 2 is 2.54 bits per heavy atom. The van der Waals surface area contributed by atoms with Gasteiger partial charge in [-0.2, -0.15) is 5.10 Å². The highest BCUT2D eigenvalue weighted by atomic mass is 35.5. The number of hydrogen-bond acceptors (Lipinski definition) is 3. The van der Waals surface area contributed by atoms with E-state index in [1.807, 2.05) is 0 Å². The van der Waals surface area contributed by atoms with Crippen LogP contribution in [0.3, 0.4) is 0 Å². The molecule has 1 aliphatic carbocycles. The minimum atomic E-state index is -1.50. The molecule has 6 heteroatoms. The third kappa shape index (κ3) is 1.21. The van der Waals surface area contributed by atoms with E-state index >= 15 is 0 Å². The molecule has 1 unspecified atom stereocenters. The van der Waals surface area contributed by atoms with Gasteiger partial charge in [0.05, 0.1) is 18.3 Å². The number of nitro groups is 1. The lowest BCUT2D eigenvalue weighted by Gasteiger charge is -2.16. The molecule has 1 aromatic heterocycles. The summed E-state index contributed by atoms with van der Waals surface area (Å²) >= 11 is 5.77. The normalized spacial score (nSPS) is 25.6. The quantitative estimate of drug-likeness (QED) is 0.320. The molecule has 1 heterocycles. The van der Waals surface area contributed by atoms with Gasteiger partial charge in [0.25, 0.3) is 0 Å². The van der Waals surface area contributed by atoms with E-state index in [1.165, 1.54) is 6.08 Å². The van der Waals surface area contributed by atoms with Crippen LogP contribution < -0.4 is 0 Å². The van der Waals surface area contributed by atoms with Crippen LogP contribution in [0.1, 0.15) is 11.3 Å². The van der Waals surface area contributed by atoms with Gasteiger partial charge < -0.3 is 0 Å². The molecule has 0 saturated carbocycles. The summed E-state index contributed by atoms with van der Waals surface area (Å²) in [4.78, 5) is 8.60. The molecule has 0 radical (unpaired) electrons. The smallest absolute Gasteiger partial charge is 0.278 e. The highest BCUT2D eigenvalue weighted by Gasteiger charge is 2.40. The Morgan fingerprint density at radius 3 is 3.23 bits per heavy atom. The molecular weight excluding hydrogens is 194 g/mol. The zero-order chi connectivity index (χ0) is 9.47. The Bertz CT molecular complexity index is 387. The first-order valence-corrected chi connectivity index (χ1v) is 4.04. The summed E-state index contributed by atoms with van der Waals surface area (Å²) in [6.07, 6.45) is 4.68. The molecule has 1 aliphatic rings. The number of H-pyrrole nitrogens is 1. The third-order valence-corrected chi connectivity index (χ3v) is 2.40. The Kier molecular flexibility index (Phi) is 1.63. The molecular formula is C7H6ClN3O2. The van der Waals surface area contributed by atoms with Crippen molar-refractivity contribution < 1.29 is 4.92 Å². The van der Waals surface area contributed by atoms with Gasteiger partial charge in [-0.25, -0.2) is 0 Å². The minimum Gasteiger partial charge on any atom is -0.278 e. The SMILES string of the molecule is O=[N+]([O-])C1(Cl)C=Cc2[nH]ncc2C1. The molecule has 0 amide bonds. The van der Waals surface area contributed by atoms with Crippen LogP contribution in [0.5, 0.6) is 0 Å². The fourth-order valence-corrected chi connectivity index (χ4v) is 1.48. The van der Waals surface area contributed by atoms with Crippen LogP contribution in [0.25, 0.3) is 6.08 Å². The van der Waals surface area contributed by atoms with Crippen molar-refractivity contribution in [2.75, 3.05) is 0 Å². The Hall–Kier alpha value is -1.36. The maximum absolute atomic E-state index is 10.6. The van der Waals surface area contributed by atoms with Crippen LogP contribution in [0.2, 0.25) is 0 Å². The van der Waals surface area contributed by atoms with Crippen molar-refractivity contribution in [1.82, 2.24) is 10.2 Å². The Balaban J connectivity index is 2.40. The highest BCUT2D eigenvalue weighted by molar-refractivity contribution is 6.24. The van der Waals surface area contributed by atoms with E-state index in [-0.39, 0.29) is 6.42 Å². The molecule has 5 nitrogen and oxygen atoms in total. The van der Waals surface area contributed by atoms with Crippen molar-refractivity contribution in [1.29, 1.82) is 0 Å². The van der Waals surface area contributed by atoms with Crippen molar-refractivity contribution >= 4 is 17.7 Å². The summed E-state index contributed by atoms with van der Waals surface area (Å²) < 4.78 is 0. The number of aromatic nitrogens is 2. The summed E-state index contributed by atoms with van der Waals surface area (Å²) in [5, 5.41) is 17.1. The van der Waals surface area contributed by atoms with Crippen molar-refractivity contribution in [3.8, 4) is 0 Å². The van der Waals surface area contributed by atoms with Gasteiger partial charge >= 0.3 is 5.00 Å². The van der Waals surface area contributed by atoms with Gasteiger partial charge in [0.15, 0.2) is 0 Å². The third-order valence-electron chi connectivity index (χ3n) is 2.00. The molecule has 0 aliphatic heterocycles. The van der Waals surface area contributed by atoms with Crippen LogP contribution in [-0.4, -0.2) is 20.1 Å². The lowest BCUT2D eigenvalue weighted by atomic mass is 10.0. The van der Waals surface area contributed by atoms with E-state index in [0.717, 1.165) is 11.3 Å². The van der Waals surface area contributed by atoms with Gasteiger partial charge in [0, 0.05) is 16.6 Å². The van der Waals surface area contributed by atoms with Gasteiger partial charge in [-0.3, -0.25) is 15.2 Å². The van der Waals surface area contributed by atoms with Crippen LogP contribution in [0, 0.1) is 10.1 Å². The maximum atomic E-state index is 10.6. The first-order valence-electron chi connectivity index (χ1n) is 3.67. The van der Waals surface area contributed by atoms with E-state index < -0.39 is 9.92 Å². The lowest BCUT2D eigenvalue weighted by molar-refractivity contribution is -0.527. The Morgan fingerprint density at radius 1 is 1.77 bits per heavy atom. The summed E-state index contributed by atoms with van der Waals surface area (Å²) in [7, 11) is 0. The molecule has 1 atom stereocenters. The number of alkyl halides is 1. The molecule has 2 rings (SSSR count). The predicted octanol–water partition coefficient (Wildman–Crippen LogP) is 1.19. The van der Waals surface area contributed by atoms with Crippen molar-refractivity contribution in [3.63, 3.8) is 0 Å². The standard InChI is InChI=1S/C7H6ClN3O2/c8-7(11(12)13)2-1-6-5(3-7)4-9-10-6/h1-2,4H,3H2,(H,9,10). The van der Waals surface area contributed by atoms with Crippen LogP contribution in [-0.2, 0) is 6.42 Å². The van der Waals surface area contributed by atoms with E-state index in [0.29, 0.717) is 0 Å². The molecule has 0 bridgehead atoms. The van der Waals surface area contributed by atoms with Crippen molar-refractivity contribution in [3.05, 3.63) is 33.6 Å². The average molecular weight is 200 g/mol. The topological polar surface area (TPSA) is 71.8 Å². The number of halogens is 1. The van der Waals surface area contributed by atoms with Gasteiger partial charge in [0.2, 0.25) is 0 Å². The molecule has 0 saturated heterocycles. The van der Waals surface area contributed by atoms with Crippen molar-refractivity contribution in [2.45, 2.75) is 11.4 Å². The average Bonchev–Trinajstić information content (AvgIpc) is 2.50. The van der Waals surface area contributed by atoms with Crippen LogP contribution >= 0.6 is 11.6 Å². The van der Waals surface area contributed by atoms with Crippen LogP contribution in [0.4, 0.5) is 0 Å². The molecule has 0 aromatic carbocycles. The molecule has 1 aromatic rings. The summed E-state index contributed by atoms with van der Waals surface area (Å²) in [5.74, 6) is 0. The molecule has 0 spiro atoms. The second kappa shape index (κ2) is 2.56. The van der Waals surface area contributed by atoms with E-state index in [1.54, 1.807) is 12.3 Å². The van der Waals surface area contributed by atoms with Gasteiger partial charge in [-0.1, -0.05) is 0 Å². The summed E-state index contributed by atoms with van der Waals surface area (Å²) in [6, 6.07) is 0. The Labute approximate surface area is 78.5 Å². The summed E-state index contributed by atoms with van der Waals surface area (Å²) in [5.41, 5.74) is 1.56. The first-order chi connectivity index (χ1) is 6.12. The molecule has 68 valence electrons. The lowest BCUT2D eigenvalue weighted by Crippen LogP contribution is -2.33. The van der Waals surface area contributed by atoms with Gasteiger partial charge in [-0.05, 0) is 17.7 Å². The fraction of sp³-hybridized carbons (Fsp3) is 0.286. The maximum Gasteiger partial charge on any atom is 0.318 e. The monoisotopic (exact) mass is 199 g/mol. The second-order valence-electron chi connectivity index (χ2n) is 2.89. The number of fused-ring (bicyclic) bond motifs is 1. The minimum absolute atomic E-state index is 0.171. The second-order valence-corrected chi connectivity index (χ2v) is 3.55. The van der Waals surface area contributed by atoms with Crippen molar-refractivity contribution in [2.24, 2.45) is 0 Å². The number of aromatic amines is 1. The van der Waals surface area contributed by atoms with E-state index in [9.17, 15) is 10.1 Å². The van der Waals surface area contributed by atoms with Gasteiger partial charge in [-0.15, -0.1) is 0 Å². The summed E-state index contributed by atoms with van der Waals surface area (Å²) in [6.45, 7) is 0. The van der Waals surface area contributed by atoms with Crippen LogP contribution in [0.15, 0.2) is 12.3 Å². The predicted molar refractivity (Wildman–Crippen MR) is 46.9 cm³/mol. The van der Waals surface area contributed by atoms with E-state index in [4.69, 9.17) is 11.6 Å². The number of hydrogen-bond donors (Lipinski definition) is 1. The zero-order valence-electron chi connectivity index (χ0n) is 6.53. The van der Waals surface area contributed by atoms with Gasteiger partial charge in [0.1, 0.15) is 0 Å². The molecule has 1 N–H and O–H groups in total. The number of nitrogens with one attached hydrogen (secondary N) is 1. The van der Waals surface area contributed by atoms with E-state index in [2.05, 4.69) is 10.2 Å². The molecule has 0 fully saturated rings. The fourth-order valence-electron chi connectivity index (χ4n) is 1.27. The zero-order valence-corrected chi connectivity index (χ0v) is 7.28. The number of rotatable bonds is 1. The highest BCUT2D eigenvalue weighted by Crippen LogP contribution is 2.30. The first kappa shape index (κ1) is 8.25.